The van der Waals surface area contributed by atoms with Gasteiger partial charge in [0.05, 0.1) is 19.9 Å². The summed E-state index contributed by atoms with van der Waals surface area (Å²) < 4.78 is 35.5. The lowest BCUT2D eigenvalue weighted by molar-refractivity contribution is -0.148. The van der Waals surface area contributed by atoms with Crippen molar-refractivity contribution in [2.75, 3.05) is 38.2 Å². The van der Waals surface area contributed by atoms with Crippen molar-refractivity contribution < 1.29 is 27.8 Å². The topological polar surface area (TPSA) is 149 Å². The number of piperidine rings is 2. The number of nitrogen functional groups attached to an aromatic ring is 1. The number of fused-ring (bicyclic) bond motifs is 1. The number of nitrogens with one attached hydrogen (secondary N) is 1. The summed E-state index contributed by atoms with van der Waals surface area (Å²) in [4.78, 5) is 31.7. The summed E-state index contributed by atoms with van der Waals surface area (Å²) in [5.41, 5.74) is 7.45. The smallest absolute Gasteiger partial charge is 0.262 e. The van der Waals surface area contributed by atoms with Crippen LogP contribution in [0.3, 0.4) is 0 Å². The Morgan fingerprint density at radius 3 is 2.27 bits per heavy atom. The molecule has 44 heavy (non-hydrogen) atoms. The van der Waals surface area contributed by atoms with Crippen molar-refractivity contribution in [3.8, 4) is 11.5 Å². The van der Waals surface area contributed by atoms with Crippen molar-refractivity contribution in [3.63, 3.8) is 0 Å². The highest BCUT2D eigenvalue weighted by atomic mass is 32.2. The zero-order valence-corrected chi connectivity index (χ0v) is 25.8. The van der Waals surface area contributed by atoms with Gasteiger partial charge >= 0.3 is 0 Å². The number of amidine groups is 1. The molecule has 0 aliphatic carbocycles. The second kappa shape index (κ2) is 13.6. The fourth-order valence-corrected chi connectivity index (χ4v) is 6.89. The van der Waals surface area contributed by atoms with Gasteiger partial charge in [0.1, 0.15) is 17.9 Å². The highest BCUT2D eigenvalue weighted by molar-refractivity contribution is 7.80. The summed E-state index contributed by atoms with van der Waals surface area (Å²) in [7, 11) is 3.09. The van der Waals surface area contributed by atoms with Gasteiger partial charge in [0.2, 0.25) is 11.8 Å². The van der Waals surface area contributed by atoms with Gasteiger partial charge in [0.25, 0.3) is 11.3 Å². The van der Waals surface area contributed by atoms with Crippen molar-refractivity contribution in [1.29, 1.82) is 5.41 Å². The van der Waals surface area contributed by atoms with Crippen molar-refractivity contribution in [3.05, 3.63) is 65.7 Å². The minimum atomic E-state index is -2.51. The Labute approximate surface area is 259 Å². The number of anilines is 1. The summed E-state index contributed by atoms with van der Waals surface area (Å²) in [5, 5.41) is 9.28. The first-order chi connectivity index (χ1) is 21.2. The minimum Gasteiger partial charge on any atom is -0.493 e. The quantitative estimate of drug-likeness (QED) is 0.178. The van der Waals surface area contributed by atoms with Gasteiger partial charge in [-0.3, -0.25) is 23.9 Å². The van der Waals surface area contributed by atoms with Crippen LogP contribution >= 0.6 is 0 Å². The van der Waals surface area contributed by atoms with Gasteiger partial charge in [0, 0.05) is 31.6 Å². The molecule has 12 heteroatoms. The molecule has 3 aromatic rings. The van der Waals surface area contributed by atoms with Gasteiger partial charge in [-0.05, 0) is 72.7 Å². The van der Waals surface area contributed by atoms with Crippen LogP contribution < -0.4 is 19.5 Å². The van der Waals surface area contributed by atoms with E-state index in [1.54, 1.807) is 42.3 Å². The van der Waals surface area contributed by atoms with E-state index in [1.165, 1.54) is 11.4 Å². The molecule has 2 aliphatic rings. The number of nitrogens with zero attached hydrogens (tertiary/aromatic N) is 3. The average molecular weight is 622 g/mol. The van der Waals surface area contributed by atoms with Crippen LogP contribution in [-0.2, 0) is 27.3 Å². The van der Waals surface area contributed by atoms with Gasteiger partial charge in [-0.15, -0.1) is 0 Å². The highest BCUT2D eigenvalue weighted by Gasteiger charge is 2.42. The molecular formula is C32H39N5O6S. The number of carbonyl (C=O) groups is 2. The predicted octanol–water partition coefficient (Wildman–Crippen LogP) is 3.70. The Bertz CT molecular complexity index is 1560. The first kappa shape index (κ1) is 31.3. The maximum absolute atomic E-state index is 14.2. The number of benzene rings is 3. The van der Waals surface area contributed by atoms with Crippen molar-refractivity contribution in [2.45, 2.75) is 50.6 Å². The Balaban J connectivity index is 1.47. The van der Waals surface area contributed by atoms with E-state index < -0.39 is 23.4 Å². The van der Waals surface area contributed by atoms with Crippen LogP contribution in [0, 0.1) is 5.41 Å². The Kier molecular flexibility index (Phi) is 9.70. The number of likely N-dealkylation sites (tertiary alicyclic amines) is 2. The molecule has 2 saturated heterocycles. The SMILES string of the molecule is COc1cc2ccc(N(C3CCCN(C(Cc4ccc(C(=N)N)cc4)C(=O)N4CCCCC4)C3=O)S(=O)O)cc2cc1OC. The number of rotatable bonds is 10. The van der Waals surface area contributed by atoms with E-state index in [4.69, 9.17) is 20.6 Å². The number of ether oxygens (including phenoxy) is 2. The second-order valence-corrected chi connectivity index (χ2v) is 12.1. The Hall–Kier alpha value is -4.16. The van der Waals surface area contributed by atoms with E-state index in [-0.39, 0.29) is 24.1 Å². The number of hydrogen-bond acceptors (Lipinski definition) is 6. The largest absolute Gasteiger partial charge is 0.493 e. The molecule has 2 fully saturated rings. The third-order valence-corrected chi connectivity index (χ3v) is 9.30. The lowest BCUT2D eigenvalue weighted by Crippen LogP contribution is -2.60. The number of carbonyl (C=O) groups excluding carboxylic acids is 2. The van der Waals surface area contributed by atoms with Crippen molar-refractivity contribution in [1.82, 2.24) is 9.80 Å². The summed E-state index contributed by atoms with van der Waals surface area (Å²) in [5.74, 6) is 0.562. The maximum atomic E-state index is 14.2. The van der Waals surface area contributed by atoms with Crippen molar-refractivity contribution in [2.24, 2.45) is 5.73 Å². The predicted molar refractivity (Wildman–Crippen MR) is 170 cm³/mol. The van der Waals surface area contributed by atoms with Crippen LogP contribution in [0.1, 0.15) is 43.2 Å². The first-order valence-corrected chi connectivity index (χ1v) is 15.9. The highest BCUT2D eigenvalue weighted by Crippen LogP contribution is 2.35. The Morgan fingerprint density at radius 1 is 1.00 bits per heavy atom. The van der Waals surface area contributed by atoms with Crippen LogP contribution in [0.25, 0.3) is 10.8 Å². The molecule has 0 radical (unpaired) electrons. The lowest BCUT2D eigenvalue weighted by atomic mass is 9.96. The van der Waals surface area contributed by atoms with Gasteiger partial charge < -0.3 is 25.0 Å². The number of amides is 2. The molecule has 3 aromatic carbocycles. The summed E-state index contributed by atoms with van der Waals surface area (Å²) >= 11 is -2.51. The molecule has 3 atom stereocenters. The maximum Gasteiger partial charge on any atom is 0.262 e. The van der Waals surface area contributed by atoms with Crippen molar-refractivity contribution >= 4 is 45.4 Å². The fraction of sp³-hybridized carbons (Fsp3) is 0.406. The van der Waals surface area contributed by atoms with Crippen LogP contribution in [0.2, 0.25) is 0 Å². The number of hydrogen-bond donors (Lipinski definition) is 3. The van der Waals surface area contributed by atoms with Crippen LogP contribution in [0.4, 0.5) is 5.69 Å². The van der Waals surface area contributed by atoms with Gasteiger partial charge in [0.15, 0.2) is 11.5 Å². The van der Waals surface area contributed by atoms with Crippen LogP contribution in [0.15, 0.2) is 54.6 Å². The van der Waals surface area contributed by atoms with Gasteiger partial charge in [-0.25, -0.2) is 4.21 Å². The fourth-order valence-electron chi connectivity index (χ4n) is 6.18. The third kappa shape index (κ3) is 6.51. The van der Waals surface area contributed by atoms with E-state index >= 15 is 0 Å². The second-order valence-electron chi connectivity index (χ2n) is 11.2. The van der Waals surface area contributed by atoms with E-state index in [2.05, 4.69) is 0 Å². The molecule has 234 valence electrons. The van der Waals surface area contributed by atoms with E-state index in [0.29, 0.717) is 55.2 Å². The molecule has 0 spiro atoms. The van der Waals surface area contributed by atoms with Gasteiger partial charge in [-0.1, -0.05) is 30.3 Å². The molecule has 5 rings (SSSR count). The molecule has 0 aromatic heterocycles. The normalized spacial score (nSPS) is 18.5. The summed E-state index contributed by atoms with van der Waals surface area (Å²) in [6.07, 6.45) is 4.11. The first-order valence-electron chi connectivity index (χ1n) is 14.8. The monoisotopic (exact) mass is 621 g/mol. The van der Waals surface area contributed by atoms with E-state index in [0.717, 1.165) is 35.6 Å². The minimum absolute atomic E-state index is 0.0464. The standard InChI is InChI=1S/C32H39N5O6S/c1-42-28-19-23-12-13-25(18-24(23)20-29(28)43-2)37(44(40)41)26-7-6-16-36(32(26)39)27(31(38)35-14-4-3-5-15-35)17-21-8-10-22(11-9-21)30(33)34/h8-13,18-20,26-27H,3-7,14-17H2,1-2H3,(H3,33,34)(H,40,41). The average Bonchev–Trinajstić information content (AvgIpc) is 3.04. The van der Waals surface area contributed by atoms with E-state index in [1.807, 2.05) is 29.2 Å². The molecule has 11 nitrogen and oxygen atoms in total. The summed E-state index contributed by atoms with van der Waals surface area (Å²) in [6.45, 7) is 1.65. The molecule has 0 bridgehead atoms. The number of methoxy groups -OCH3 is 2. The van der Waals surface area contributed by atoms with Crippen LogP contribution in [-0.4, -0.2) is 82.1 Å². The Morgan fingerprint density at radius 2 is 1.66 bits per heavy atom. The molecule has 2 aliphatic heterocycles. The molecular weight excluding hydrogens is 582 g/mol. The molecule has 4 N–H and O–H groups in total. The molecule has 2 heterocycles. The van der Waals surface area contributed by atoms with E-state index in [9.17, 15) is 18.4 Å². The molecule has 2 amide bonds. The van der Waals surface area contributed by atoms with Crippen LogP contribution in [0.5, 0.6) is 11.5 Å². The van der Waals surface area contributed by atoms with Gasteiger partial charge in [-0.2, -0.15) is 0 Å². The zero-order chi connectivity index (χ0) is 31.4. The third-order valence-electron chi connectivity index (χ3n) is 8.50. The lowest BCUT2D eigenvalue weighted by Gasteiger charge is -2.42. The number of nitrogens with two attached hydrogens (primary N) is 1. The zero-order valence-electron chi connectivity index (χ0n) is 25.0. The molecule has 0 saturated carbocycles. The summed E-state index contributed by atoms with van der Waals surface area (Å²) in [6, 6.07) is 14.3. The molecule has 3 unspecified atom stereocenters.